The molecule has 5 heteroatoms. The predicted molar refractivity (Wildman–Crippen MR) is 90.2 cm³/mol. The standard InChI is InChI=1S/C18H23N3O2/c1-2-12-10-13(12)11-19-17(22)9-5-8-16-20-15-7-4-3-6-14(15)18(23)21-16/h3-4,6-7,12-13H,2,5,8-11H2,1H3,(H,19,22)(H,20,21,23)/t12-,13+/m1/s1. The van der Waals surface area contributed by atoms with E-state index in [4.69, 9.17) is 0 Å². The molecule has 1 saturated carbocycles. The second kappa shape index (κ2) is 6.94. The van der Waals surface area contributed by atoms with Crippen LogP contribution in [0.1, 0.15) is 38.4 Å². The molecule has 1 aliphatic carbocycles. The highest BCUT2D eigenvalue weighted by Gasteiger charge is 2.34. The van der Waals surface area contributed by atoms with Crippen LogP contribution in [0.3, 0.4) is 0 Å². The number of hydrogen-bond donors (Lipinski definition) is 2. The van der Waals surface area contributed by atoms with E-state index in [2.05, 4.69) is 22.2 Å². The molecule has 0 bridgehead atoms. The Morgan fingerprint density at radius 1 is 1.35 bits per heavy atom. The van der Waals surface area contributed by atoms with Gasteiger partial charge in [0, 0.05) is 19.4 Å². The number of nitrogens with zero attached hydrogens (tertiary/aromatic N) is 1. The summed E-state index contributed by atoms with van der Waals surface area (Å²) in [4.78, 5) is 31.1. The van der Waals surface area contributed by atoms with Gasteiger partial charge < -0.3 is 10.3 Å². The maximum atomic E-state index is 12.0. The number of benzene rings is 1. The molecule has 2 aromatic rings. The molecule has 1 aromatic heterocycles. The van der Waals surface area contributed by atoms with Gasteiger partial charge in [-0.1, -0.05) is 25.5 Å². The average molecular weight is 313 g/mol. The van der Waals surface area contributed by atoms with Crippen molar-refractivity contribution >= 4 is 16.8 Å². The van der Waals surface area contributed by atoms with E-state index < -0.39 is 0 Å². The van der Waals surface area contributed by atoms with Gasteiger partial charge in [0.25, 0.3) is 5.56 Å². The van der Waals surface area contributed by atoms with E-state index in [0.29, 0.717) is 41.9 Å². The van der Waals surface area contributed by atoms with E-state index in [1.165, 1.54) is 12.8 Å². The highest BCUT2D eigenvalue weighted by atomic mass is 16.1. The number of H-pyrrole nitrogens is 1. The van der Waals surface area contributed by atoms with Crippen molar-refractivity contribution in [2.24, 2.45) is 11.8 Å². The van der Waals surface area contributed by atoms with Gasteiger partial charge in [-0.05, 0) is 36.8 Å². The Morgan fingerprint density at radius 3 is 2.96 bits per heavy atom. The number of fused-ring (bicyclic) bond motifs is 1. The van der Waals surface area contributed by atoms with Crippen LogP contribution in [0.15, 0.2) is 29.1 Å². The Balaban J connectivity index is 1.47. The monoisotopic (exact) mass is 313 g/mol. The minimum absolute atomic E-state index is 0.0925. The predicted octanol–water partition coefficient (Wildman–Crippen LogP) is 2.41. The van der Waals surface area contributed by atoms with Crippen molar-refractivity contribution in [1.29, 1.82) is 0 Å². The summed E-state index contributed by atoms with van der Waals surface area (Å²) in [5, 5.41) is 3.61. The molecular formula is C18H23N3O2. The van der Waals surface area contributed by atoms with Gasteiger partial charge in [0.15, 0.2) is 0 Å². The van der Waals surface area contributed by atoms with Crippen LogP contribution in [0.5, 0.6) is 0 Å². The summed E-state index contributed by atoms with van der Waals surface area (Å²) in [6.45, 7) is 3.01. The molecule has 0 spiro atoms. The number of amides is 1. The van der Waals surface area contributed by atoms with E-state index in [1.54, 1.807) is 6.07 Å². The van der Waals surface area contributed by atoms with E-state index >= 15 is 0 Å². The summed E-state index contributed by atoms with van der Waals surface area (Å²) < 4.78 is 0. The normalized spacial score (nSPS) is 19.7. The summed E-state index contributed by atoms with van der Waals surface area (Å²) in [5.74, 6) is 2.23. The van der Waals surface area contributed by atoms with Gasteiger partial charge in [0.05, 0.1) is 10.9 Å². The van der Waals surface area contributed by atoms with Crippen molar-refractivity contribution in [3.8, 4) is 0 Å². The Morgan fingerprint density at radius 2 is 2.17 bits per heavy atom. The first kappa shape index (κ1) is 15.7. The zero-order valence-corrected chi connectivity index (χ0v) is 13.5. The molecule has 1 aromatic carbocycles. The van der Waals surface area contributed by atoms with Crippen molar-refractivity contribution in [3.63, 3.8) is 0 Å². The van der Waals surface area contributed by atoms with Crippen LogP contribution in [0.2, 0.25) is 0 Å². The molecule has 0 aliphatic heterocycles. The summed E-state index contributed by atoms with van der Waals surface area (Å²) in [6.07, 6.45) is 4.23. The van der Waals surface area contributed by atoms with Gasteiger partial charge >= 0.3 is 0 Å². The van der Waals surface area contributed by atoms with Gasteiger partial charge in [-0.2, -0.15) is 0 Å². The van der Waals surface area contributed by atoms with Crippen LogP contribution < -0.4 is 10.9 Å². The first-order valence-electron chi connectivity index (χ1n) is 8.42. The fourth-order valence-electron chi connectivity index (χ4n) is 3.06. The van der Waals surface area contributed by atoms with Crippen molar-refractivity contribution in [2.75, 3.05) is 6.54 Å². The Hall–Kier alpha value is -2.17. The maximum Gasteiger partial charge on any atom is 0.258 e. The highest BCUT2D eigenvalue weighted by Crippen LogP contribution is 2.40. The molecule has 0 unspecified atom stereocenters. The molecule has 1 aliphatic rings. The van der Waals surface area contributed by atoms with Crippen molar-refractivity contribution < 1.29 is 4.79 Å². The zero-order valence-electron chi connectivity index (χ0n) is 13.5. The number of aryl methyl sites for hydroxylation is 1. The zero-order chi connectivity index (χ0) is 16.2. The average Bonchev–Trinajstić information content (AvgIpc) is 3.32. The van der Waals surface area contributed by atoms with E-state index in [9.17, 15) is 9.59 Å². The molecule has 5 nitrogen and oxygen atoms in total. The molecule has 23 heavy (non-hydrogen) atoms. The molecule has 0 saturated heterocycles. The third kappa shape index (κ3) is 3.97. The van der Waals surface area contributed by atoms with Gasteiger partial charge in [0.2, 0.25) is 5.91 Å². The summed E-state index contributed by atoms with van der Waals surface area (Å²) in [6, 6.07) is 7.29. The second-order valence-electron chi connectivity index (χ2n) is 6.35. The fourth-order valence-corrected chi connectivity index (χ4v) is 3.06. The third-order valence-corrected chi connectivity index (χ3v) is 4.63. The lowest BCUT2D eigenvalue weighted by Gasteiger charge is -2.05. The van der Waals surface area contributed by atoms with Gasteiger partial charge in [-0.3, -0.25) is 9.59 Å². The SMILES string of the molecule is CC[C@@H]1C[C@H]1CNC(=O)CCCc1nc2ccccc2c(=O)[nH]1. The lowest BCUT2D eigenvalue weighted by atomic mass is 10.2. The lowest BCUT2D eigenvalue weighted by Crippen LogP contribution is -2.25. The Bertz CT molecular complexity index is 753. The lowest BCUT2D eigenvalue weighted by molar-refractivity contribution is -0.121. The first-order valence-corrected chi connectivity index (χ1v) is 8.42. The quantitative estimate of drug-likeness (QED) is 0.824. The minimum atomic E-state index is -0.116. The molecule has 3 rings (SSSR count). The van der Waals surface area contributed by atoms with Gasteiger partial charge in [-0.25, -0.2) is 4.98 Å². The Labute approximate surface area is 135 Å². The number of nitrogens with one attached hydrogen (secondary N) is 2. The van der Waals surface area contributed by atoms with Crippen LogP contribution in [0, 0.1) is 11.8 Å². The number of rotatable bonds is 7. The molecule has 1 heterocycles. The smallest absolute Gasteiger partial charge is 0.258 e. The molecule has 1 fully saturated rings. The van der Waals surface area contributed by atoms with Crippen LogP contribution in [-0.2, 0) is 11.2 Å². The van der Waals surface area contributed by atoms with E-state index in [1.807, 2.05) is 18.2 Å². The number of aromatic nitrogens is 2. The molecule has 0 radical (unpaired) electrons. The van der Waals surface area contributed by atoms with Crippen molar-refractivity contribution in [1.82, 2.24) is 15.3 Å². The van der Waals surface area contributed by atoms with Crippen LogP contribution in [0.25, 0.3) is 10.9 Å². The molecule has 2 atom stereocenters. The largest absolute Gasteiger partial charge is 0.356 e. The number of para-hydroxylation sites is 1. The van der Waals surface area contributed by atoms with Gasteiger partial charge in [0.1, 0.15) is 5.82 Å². The molecular weight excluding hydrogens is 290 g/mol. The first-order chi connectivity index (χ1) is 11.2. The van der Waals surface area contributed by atoms with E-state index in [-0.39, 0.29) is 11.5 Å². The van der Waals surface area contributed by atoms with Crippen LogP contribution in [-0.4, -0.2) is 22.4 Å². The summed E-state index contributed by atoms with van der Waals surface area (Å²) in [7, 11) is 0. The summed E-state index contributed by atoms with van der Waals surface area (Å²) in [5.41, 5.74) is 0.587. The molecule has 2 N–H and O–H groups in total. The second-order valence-corrected chi connectivity index (χ2v) is 6.35. The maximum absolute atomic E-state index is 12.0. The number of carbonyl (C=O) groups excluding carboxylic acids is 1. The van der Waals surface area contributed by atoms with Crippen LogP contribution >= 0.6 is 0 Å². The third-order valence-electron chi connectivity index (χ3n) is 4.63. The number of carbonyl (C=O) groups is 1. The minimum Gasteiger partial charge on any atom is -0.356 e. The summed E-state index contributed by atoms with van der Waals surface area (Å²) >= 11 is 0. The number of aromatic amines is 1. The number of hydrogen-bond acceptors (Lipinski definition) is 3. The van der Waals surface area contributed by atoms with Crippen LogP contribution in [0.4, 0.5) is 0 Å². The van der Waals surface area contributed by atoms with Crippen molar-refractivity contribution in [2.45, 2.75) is 39.0 Å². The van der Waals surface area contributed by atoms with E-state index in [0.717, 1.165) is 12.5 Å². The fraction of sp³-hybridized carbons (Fsp3) is 0.500. The Kier molecular flexibility index (Phi) is 4.74. The van der Waals surface area contributed by atoms with Crippen molar-refractivity contribution in [3.05, 3.63) is 40.4 Å². The van der Waals surface area contributed by atoms with Gasteiger partial charge in [-0.15, -0.1) is 0 Å². The molecule has 122 valence electrons. The molecule has 1 amide bonds. The highest BCUT2D eigenvalue weighted by molar-refractivity contribution is 5.77. The topological polar surface area (TPSA) is 74.8 Å².